The van der Waals surface area contributed by atoms with Crippen LogP contribution in [-0.4, -0.2) is 60.4 Å². The van der Waals surface area contributed by atoms with Crippen molar-refractivity contribution in [3.8, 4) is 5.75 Å². The number of benzene rings is 1. The van der Waals surface area contributed by atoms with E-state index in [1.165, 1.54) is 5.56 Å². The molecule has 0 unspecified atom stereocenters. The van der Waals surface area contributed by atoms with Gasteiger partial charge in [-0.2, -0.15) is 0 Å². The van der Waals surface area contributed by atoms with Gasteiger partial charge in [-0.1, -0.05) is 39.0 Å². The van der Waals surface area contributed by atoms with Gasteiger partial charge in [0.15, 0.2) is 0 Å². The molecule has 1 aromatic carbocycles. The van der Waals surface area contributed by atoms with Crippen LogP contribution in [0.1, 0.15) is 26.3 Å². The van der Waals surface area contributed by atoms with Crippen LogP contribution in [0.4, 0.5) is 5.82 Å². The number of aromatic nitrogens is 1. The number of anilines is 1. The number of β-amino-alcohol motifs (C(OH)–C–C–N with tert-alkyl or cyclic N) is 1. The van der Waals surface area contributed by atoms with Crippen molar-refractivity contribution in [2.75, 3.05) is 44.2 Å². The molecule has 1 fully saturated rings. The summed E-state index contributed by atoms with van der Waals surface area (Å²) < 4.78 is 5.77. The van der Waals surface area contributed by atoms with E-state index in [2.05, 4.69) is 47.7 Å². The fraction of sp³-hybridized carbons (Fsp3) is 0.500. The minimum Gasteiger partial charge on any atom is -0.491 e. The first-order chi connectivity index (χ1) is 12.9. The summed E-state index contributed by atoms with van der Waals surface area (Å²) in [6.07, 6.45) is 1.34. The number of rotatable bonds is 6. The lowest BCUT2D eigenvalue weighted by Crippen LogP contribution is -2.49. The molecule has 1 atom stereocenters. The summed E-state index contributed by atoms with van der Waals surface area (Å²) in [4.78, 5) is 8.99. The van der Waals surface area contributed by atoms with E-state index < -0.39 is 6.10 Å². The second kappa shape index (κ2) is 8.72. The molecule has 0 amide bonds. The third-order valence-electron chi connectivity index (χ3n) is 4.98. The van der Waals surface area contributed by atoms with Gasteiger partial charge in [0.1, 0.15) is 24.3 Å². The van der Waals surface area contributed by atoms with Crippen LogP contribution in [0, 0.1) is 0 Å². The molecule has 0 aliphatic carbocycles. The molecule has 0 bridgehead atoms. The Morgan fingerprint density at radius 1 is 1.04 bits per heavy atom. The highest BCUT2D eigenvalue weighted by Gasteiger charge is 2.20. The summed E-state index contributed by atoms with van der Waals surface area (Å²) in [6.45, 7) is 11.2. The lowest BCUT2D eigenvalue weighted by molar-refractivity contribution is 0.0662. The molecule has 146 valence electrons. The minimum atomic E-state index is -0.492. The van der Waals surface area contributed by atoms with Crippen LogP contribution in [0.2, 0.25) is 0 Å². The minimum absolute atomic E-state index is 0.134. The molecule has 0 radical (unpaired) electrons. The second-order valence-electron chi connectivity index (χ2n) is 8.21. The topological polar surface area (TPSA) is 48.8 Å². The van der Waals surface area contributed by atoms with E-state index in [0.29, 0.717) is 13.2 Å². The molecule has 0 saturated carbocycles. The number of ether oxygens (including phenoxy) is 1. The predicted octanol–water partition coefficient (Wildman–Crippen LogP) is 2.94. The normalized spacial score (nSPS) is 17.0. The fourth-order valence-corrected chi connectivity index (χ4v) is 3.29. The Morgan fingerprint density at radius 2 is 1.74 bits per heavy atom. The maximum Gasteiger partial charge on any atom is 0.128 e. The summed E-state index contributed by atoms with van der Waals surface area (Å²) in [6, 6.07) is 14.2. The number of aliphatic hydroxyl groups excluding tert-OH is 1. The van der Waals surface area contributed by atoms with Crippen molar-refractivity contribution in [1.29, 1.82) is 0 Å². The molecular formula is C22H31N3O2. The largest absolute Gasteiger partial charge is 0.491 e. The van der Waals surface area contributed by atoms with Crippen molar-refractivity contribution in [3.63, 3.8) is 0 Å². The summed E-state index contributed by atoms with van der Waals surface area (Å²) in [5.74, 6) is 1.83. The number of piperazine rings is 1. The van der Waals surface area contributed by atoms with E-state index in [4.69, 9.17) is 4.74 Å². The fourth-order valence-electron chi connectivity index (χ4n) is 3.29. The van der Waals surface area contributed by atoms with E-state index in [9.17, 15) is 5.11 Å². The zero-order chi connectivity index (χ0) is 19.3. The average molecular weight is 370 g/mol. The van der Waals surface area contributed by atoms with Gasteiger partial charge < -0.3 is 14.7 Å². The highest BCUT2D eigenvalue weighted by atomic mass is 16.5. The van der Waals surface area contributed by atoms with Crippen molar-refractivity contribution >= 4 is 5.82 Å². The Hall–Kier alpha value is -2.11. The van der Waals surface area contributed by atoms with Crippen LogP contribution in [0.15, 0.2) is 48.7 Å². The Labute approximate surface area is 162 Å². The molecule has 2 heterocycles. The SMILES string of the molecule is CC(C)(C)c1ccc(OC[C@@H](O)CN2CCN(c3ccccn3)CC2)cc1. The van der Waals surface area contributed by atoms with Gasteiger partial charge in [0.05, 0.1) is 0 Å². The Morgan fingerprint density at radius 3 is 2.33 bits per heavy atom. The van der Waals surface area contributed by atoms with Gasteiger partial charge in [0.2, 0.25) is 0 Å². The monoisotopic (exact) mass is 369 g/mol. The molecule has 3 rings (SSSR count). The zero-order valence-corrected chi connectivity index (χ0v) is 16.6. The van der Waals surface area contributed by atoms with Crippen LogP contribution < -0.4 is 9.64 Å². The molecule has 5 nitrogen and oxygen atoms in total. The highest BCUT2D eigenvalue weighted by molar-refractivity contribution is 5.38. The number of hydrogen-bond acceptors (Lipinski definition) is 5. The van der Waals surface area contributed by atoms with Crippen LogP contribution in [0.5, 0.6) is 5.75 Å². The molecule has 5 heteroatoms. The molecular weight excluding hydrogens is 338 g/mol. The van der Waals surface area contributed by atoms with Crippen LogP contribution in [0.25, 0.3) is 0 Å². The Balaban J connectivity index is 1.40. The standard InChI is InChI=1S/C22H31N3O2/c1-22(2,3)18-7-9-20(10-8-18)27-17-19(26)16-24-12-14-25(15-13-24)21-6-4-5-11-23-21/h4-11,19,26H,12-17H2,1-3H3/t19-/m0/s1. The van der Waals surface area contributed by atoms with Gasteiger partial charge in [-0.05, 0) is 35.2 Å². The van der Waals surface area contributed by atoms with Crippen molar-refractivity contribution < 1.29 is 9.84 Å². The van der Waals surface area contributed by atoms with Gasteiger partial charge >= 0.3 is 0 Å². The van der Waals surface area contributed by atoms with Gasteiger partial charge in [-0.3, -0.25) is 4.90 Å². The van der Waals surface area contributed by atoms with Crippen LogP contribution in [-0.2, 0) is 5.41 Å². The molecule has 0 spiro atoms. The smallest absolute Gasteiger partial charge is 0.128 e. The molecule has 2 aromatic rings. The van der Waals surface area contributed by atoms with Crippen molar-refractivity contribution in [3.05, 3.63) is 54.2 Å². The first kappa shape index (κ1) is 19.6. The number of aliphatic hydroxyl groups is 1. The van der Waals surface area contributed by atoms with Crippen molar-refractivity contribution in [2.45, 2.75) is 32.3 Å². The van der Waals surface area contributed by atoms with Crippen molar-refractivity contribution in [1.82, 2.24) is 9.88 Å². The van der Waals surface area contributed by atoms with E-state index >= 15 is 0 Å². The Kier molecular flexibility index (Phi) is 6.34. The molecule has 1 aliphatic heterocycles. The Bertz CT molecular complexity index is 690. The van der Waals surface area contributed by atoms with E-state index in [0.717, 1.165) is 37.7 Å². The molecule has 1 aliphatic rings. The van der Waals surface area contributed by atoms with E-state index in [1.807, 2.05) is 36.5 Å². The van der Waals surface area contributed by atoms with E-state index in [1.54, 1.807) is 0 Å². The first-order valence-corrected chi connectivity index (χ1v) is 9.71. The first-order valence-electron chi connectivity index (χ1n) is 9.71. The molecule has 1 N–H and O–H groups in total. The number of pyridine rings is 1. The quantitative estimate of drug-likeness (QED) is 0.848. The lowest BCUT2D eigenvalue weighted by atomic mass is 9.87. The van der Waals surface area contributed by atoms with Gasteiger partial charge in [0.25, 0.3) is 0 Å². The molecule has 1 aromatic heterocycles. The average Bonchev–Trinajstić information content (AvgIpc) is 2.67. The highest BCUT2D eigenvalue weighted by Crippen LogP contribution is 2.24. The third kappa shape index (κ3) is 5.68. The van der Waals surface area contributed by atoms with Crippen LogP contribution >= 0.6 is 0 Å². The maximum atomic E-state index is 10.3. The summed E-state index contributed by atoms with van der Waals surface area (Å²) in [7, 11) is 0. The van der Waals surface area contributed by atoms with Gasteiger partial charge in [-0.15, -0.1) is 0 Å². The summed E-state index contributed by atoms with van der Waals surface area (Å²) >= 11 is 0. The van der Waals surface area contributed by atoms with Gasteiger partial charge in [0, 0.05) is 38.9 Å². The summed E-state index contributed by atoms with van der Waals surface area (Å²) in [5, 5.41) is 10.3. The van der Waals surface area contributed by atoms with Crippen molar-refractivity contribution in [2.24, 2.45) is 0 Å². The predicted molar refractivity (Wildman–Crippen MR) is 110 cm³/mol. The summed E-state index contributed by atoms with van der Waals surface area (Å²) in [5.41, 5.74) is 1.41. The van der Waals surface area contributed by atoms with E-state index in [-0.39, 0.29) is 5.41 Å². The zero-order valence-electron chi connectivity index (χ0n) is 16.6. The van der Waals surface area contributed by atoms with Crippen LogP contribution in [0.3, 0.4) is 0 Å². The number of nitrogens with zero attached hydrogens (tertiary/aromatic N) is 3. The number of hydrogen-bond donors (Lipinski definition) is 1. The van der Waals surface area contributed by atoms with Gasteiger partial charge in [-0.25, -0.2) is 4.98 Å². The third-order valence-corrected chi connectivity index (χ3v) is 4.98. The lowest BCUT2D eigenvalue weighted by Gasteiger charge is -2.36. The molecule has 1 saturated heterocycles. The maximum absolute atomic E-state index is 10.3. The second-order valence-corrected chi connectivity index (χ2v) is 8.21. The molecule has 27 heavy (non-hydrogen) atoms.